The predicted octanol–water partition coefficient (Wildman–Crippen LogP) is 1.51. The molecule has 0 bridgehead atoms. The number of rotatable bonds is 4. The Morgan fingerprint density at radius 2 is 2.00 bits per heavy atom. The molecule has 0 aromatic carbocycles. The lowest BCUT2D eigenvalue weighted by atomic mass is 9.71. The lowest BCUT2D eigenvalue weighted by Crippen LogP contribution is -2.35. The number of carbonyl (C=O) groups is 2. The summed E-state index contributed by atoms with van der Waals surface area (Å²) in [7, 11) is 0. The highest BCUT2D eigenvalue weighted by Crippen LogP contribution is 2.54. The minimum absolute atomic E-state index is 0.0160. The van der Waals surface area contributed by atoms with E-state index >= 15 is 0 Å². The third-order valence-corrected chi connectivity index (χ3v) is 7.04. The molecule has 7 heteroatoms. The van der Waals surface area contributed by atoms with Gasteiger partial charge in [-0.25, -0.2) is 4.98 Å². The van der Waals surface area contributed by atoms with Crippen molar-refractivity contribution in [3.8, 4) is 5.75 Å². The Bertz CT molecular complexity index is 650. The molecule has 0 unspecified atom stereocenters. The number of nitrogens with zero attached hydrogens (tertiary/aromatic N) is 2. The van der Waals surface area contributed by atoms with Crippen molar-refractivity contribution in [2.45, 2.75) is 20.3 Å². The summed E-state index contributed by atoms with van der Waals surface area (Å²) < 4.78 is 0. The zero-order chi connectivity index (χ0) is 17.4. The van der Waals surface area contributed by atoms with E-state index in [0.29, 0.717) is 0 Å². The Kier molecular flexibility index (Phi) is 4.46. The standard InChI is InChI=1S/C17H23N3O3S/c1-16-8-20(9-17(16,2)11-24-10-16)13(22)5-7-19-15(23)14-12(21)4-3-6-18-14/h3-4,6,21H,5,7-11H2,1-2H3,(H,19,23)/t16-,17+. The highest BCUT2D eigenvalue weighted by Gasteiger charge is 2.55. The van der Waals surface area contributed by atoms with Crippen LogP contribution in [0.5, 0.6) is 5.75 Å². The van der Waals surface area contributed by atoms with Gasteiger partial charge in [-0.05, 0) is 12.1 Å². The lowest BCUT2D eigenvalue weighted by molar-refractivity contribution is -0.130. The van der Waals surface area contributed by atoms with Gasteiger partial charge in [0, 0.05) is 54.6 Å². The summed E-state index contributed by atoms with van der Waals surface area (Å²) in [5.41, 5.74) is 0.366. The van der Waals surface area contributed by atoms with Crippen molar-refractivity contribution in [3.05, 3.63) is 24.0 Å². The summed E-state index contributed by atoms with van der Waals surface area (Å²) in [6.07, 6.45) is 1.71. The molecular formula is C17H23N3O3S. The smallest absolute Gasteiger partial charge is 0.273 e. The van der Waals surface area contributed by atoms with Crippen LogP contribution in [0.15, 0.2) is 18.3 Å². The number of fused-ring (bicyclic) bond motifs is 1. The van der Waals surface area contributed by atoms with Crippen LogP contribution in [-0.4, -0.2) is 57.9 Å². The molecule has 3 heterocycles. The number of likely N-dealkylation sites (tertiary alicyclic amines) is 1. The number of thioether (sulfide) groups is 1. The van der Waals surface area contributed by atoms with Crippen LogP contribution in [0.2, 0.25) is 0 Å². The summed E-state index contributed by atoms with van der Waals surface area (Å²) in [5, 5.41) is 12.3. The van der Waals surface area contributed by atoms with Crippen molar-refractivity contribution in [1.82, 2.24) is 15.2 Å². The van der Waals surface area contributed by atoms with Gasteiger partial charge in [0.05, 0.1) is 0 Å². The second kappa shape index (κ2) is 6.27. The minimum atomic E-state index is -0.463. The van der Waals surface area contributed by atoms with Gasteiger partial charge in [0.2, 0.25) is 5.91 Å². The minimum Gasteiger partial charge on any atom is -0.505 e. The first-order valence-electron chi connectivity index (χ1n) is 8.12. The fourth-order valence-electron chi connectivity index (χ4n) is 3.49. The van der Waals surface area contributed by atoms with Crippen LogP contribution in [0, 0.1) is 10.8 Å². The van der Waals surface area contributed by atoms with Crippen molar-refractivity contribution < 1.29 is 14.7 Å². The van der Waals surface area contributed by atoms with E-state index in [1.54, 1.807) is 6.07 Å². The van der Waals surface area contributed by atoms with Gasteiger partial charge in [0.1, 0.15) is 5.75 Å². The average molecular weight is 349 g/mol. The van der Waals surface area contributed by atoms with Crippen LogP contribution in [-0.2, 0) is 4.79 Å². The Balaban J connectivity index is 1.50. The van der Waals surface area contributed by atoms with Crippen molar-refractivity contribution in [2.75, 3.05) is 31.1 Å². The van der Waals surface area contributed by atoms with E-state index in [1.807, 2.05) is 16.7 Å². The average Bonchev–Trinajstić information content (AvgIpc) is 2.95. The summed E-state index contributed by atoms with van der Waals surface area (Å²) in [4.78, 5) is 30.2. The number of hydrogen-bond donors (Lipinski definition) is 2. The van der Waals surface area contributed by atoms with E-state index in [0.717, 1.165) is 24.6 Å². The molecular weight excluding hydrogens is 326 g/mol. The van der Waals surface area contributed by atoms with Crippen LogP contribution in [0.4, 0.5) is 0 Å². The number of aromatic nitrogens is 1. The van der Waals surface area contributed by atoms with E-state index in [1.165, 1.54) is 12.3 Å². The normalized spacial score (nSPS) is 28.7. The van der Waals surface area contributed by atoms with Gasteiger partial charge in [0.15, 0.2) is 5.69 Å². The zero-order valence-electron chi connectivity index (χ0n) is 14.0. The molecule has 2 fully saturated rings. The number of amides is 2. The van der Waals surface area contributed by atoms with E-state index in [4.69, 9.17) is 0 Å². The predicted molar refractivity (Wildman–Crippen MR) is 93.0 cm³/mol. The van der Waals surface area contributed by atoms with E-state index in [2.05, 4.69) is 24.1 Å². The molecule has 6 nitrogen and oxygen atoms in total. The maximum Gasteiger partial charge on any atom is 0.273 e. The van der Waals surface area contributed by atoms with E-state index in [-0.39, 0.29) is 41.1 Å². The molecule has 3 rings (SSSR count). The van der Waals surface area contributed by atoms with Gasteiger partial charge in [-0.1, -0.05) is 13.8 Å². The zero-order valence-corrected chi connectivity index (χ0v) is 14.9. The molecule has 2 aliphatic rings. The Labute approximate surface area is 146 Å². The monoisotopic (exact) mass is 349 g/mol. The molecule has 1 aromatic rings. The van der Waals surface area contributed by atoms with Crippen LogP contribution < -0.4 is 5.32 Å². The molecule has 0 spiro atoms. The van der Waals surface area contributed by atoms with Crippen LogP contribution in [0.3, 0.4) is 0 Å². The van der Waals surface area contributed by atoms with Gasteiger partial charge in [0.25, 0.3) is 5.91 Å². The summed E-state index contributed by atoms with van der Waals surface area (Å²) in [5.74, 6) is 1.65. The van der Waals surface area contributed by atoms with Gasteiger partial charge in [-0.3, -0.25) is 9.59 Å². The van der Waals surface area contributed by atoms with Crippen molar-refractivity contribution in [2.24, 2.45) is 10.8 Å². The summed E-state index contributed by atoms with van der Waals surface area (Å²) in [6.45, 7) is 6.37. The van der Waals surface area contributed by atoms with E-state index in [9.17, 15) is 14.7 Å². The van der Waals surface area contributed by atoms with Crippen molar-refractivity contribution in [3.63, 3.8) is 0 Å². The van der Waals surface area contributed by atoms with Crippen molar-refractivity contribution >= 4 is 23.6 Å². The van der Waals surface area contributed by atoms with Crippen LogP contribution >= 0.6 is 11.8 Å². The highest BCUT2D eigenvalue weighted by atomic mass is 32.2. The van der Waals surface area contributed by atoms with Crippen molar-refractivity contribution in [1.29, 1.82) is 0 Å². The first-order chi connectivity index (χ1) is 11.3. The molecule has 1 aromatic heterocycles. The summed E-state index contributed by atoms with van der Waals surface area (Å²) in [6, 6.07) is 2.97. The number of aromatic hydroxyl groups is 1. The molecule has 0 aliphatic carbocycles. The molecule has 2 amide bonds. The molecule has 0 radical (unpaired) electrons. The SMILES string of the molecule is C[C@@]12CSC[C@]1(C)CN(C(=O)CCNC(=O)c1ncccc1O)C2. The fourth-order valence-corrected chi connectivity index (χ4v) is 5.38. The Hall–Kier alpha value is -1.76. The molecule has 2 saturated heterocycles. The van der Waals surface area contributed by atoms with Gasteiger partial charge < -0.3 is 15.3 Å². The molecule has 2 N–H and O–H groups in total. The fraction of sp³-hybridized carbons (Fsp3) is 0.588. The largest absolute Gasteiger partial charge is 0.505 e. The Morgan fingerprint density at radius 1 is 1.33 bits per heavy atom. The Morgan fingerprint density at radius 3 is 2.62 bits per heavy atom. The number of pyridine rings is 1. The van der Waals surface area contributed by atoms with E-state index < -0.39 is 5.91 Å². The molecule has 2 aliphatic heterocycles. The van der Waals surface area contributed by atoms with Gasteiger partial charge in [-0.2, -0.15) is 11.8 Å². The second-order valence-electron chi connectivity index (χ2n) is 7.24. The number of nitrogens with one attached hydrogen (secondary N) is 1. The second-order valence-corrected chi connectivity index (χ2v) is 8.23. The first-order valence-corrected chi connectivity index (χ1v) is 9.28. The first kappa shape index (κ1) is 17.1. The lowest BCUT2D eigenvalue weighted by Gasteiger charge is -2.30. The number of carbonyl (C=O) groups excluding carboxylic acids is 2. The third-order valence-electron chi connectivity index (χ3n) is 5.36. The third kappa shape index (κ3) is 2.97. The maximum absolute atomic E-state index is 12.4. The highest BCUT2D eigenvalue weighted by molar-refractivity contribution is 7.99. The maximum atomic E-state index is 12.4. The van der Waals surface area contributed by atoms with Crippen LogP contribution in [0.25, 0.3) is 0 Å². The molecule has 130 valence electrons. The quantitative estimate of drug-likeness (QED) is 0.861. The topological polar surface area (TPSA) is 82.5 Å². The molecule has 0 saturated carbocycles. The molecule has 24 heavy (non-hydrogen) atoms. The molecule has 2 atom stereocenters. The summed E-state index contributed by atoms with van der Waals surface area (Å²) >= 11 is 1.97. The van der Waals surface area contributed by atoms with Gasteiger partial charge >= 0.3 is 0 Å². The number of hydrogen-bond acceptors (Lipinski definition) is 5. The van der Waals surface area contributed by atoms with Gasteiger partial charge in [-0.15, -0.1) is 0 Å². The van der Waals surface area contributed by atoms with Crippen LogP contribution in [0.1, 0.15) is 30.8 Å².